The monoisotopic (exact) mass is 252 g/mol. The molecule has 0 saturated heterocycles. The standard InChI is InChI=1S/C11H16N4OS/c1-7(10-6-17-9(3)14-10)12-5-4-11-13-8(2)15-16-11/h6-7,12H,4-5H2,1-3H3. The average Bonchev–Trinajstić information content (AvgIpc) is 2.88. The molecule has 6 heteroatoms. The van der Waals surface area contributed by atoms with E-state index >= 15 is 0 Å². The molecule has 1 atom stereocenters. The quantitative estimate of drug-likeness (QED) is 0.882. The molecule has 2 aromatic heterocycles. The fraction of sp³-hybridized carbons (Fsp3) is 0.545. The molecule has 0 spiro atoms. The molecule has 0 fully saturated rings. The van der Waals surface area contributed by atoms with E-state index in [4.69, 9.17) is 4.52 Å². The summed E-state index contributed by atoms with van der Waals surface area (Å²) in [6, 6.07) is 0.254. The van der Waals surface area contributed by atoms with E-state index in [-0.39, 0.29) is 6.04 Å². The van der Waals surface area contributed by atoms with Gasteiger partial charge in [-0.25, -0.2) is 4.98 Å². The molecule has 0 aliphatic heterocycles. The summed E-state index contributed by atoms with van der Waals surface area (Å²) in [4.78, 5) is 8.60. The third kappa shape index (κ3) is 3.34. The fourth-order valence-electron chi connectivity index (χ4n) is 1.52. The van der Waals surface area contributed by atoms with Crippen LogP contribution in [0.2, 0.25) is 0 Å². The summed E-state index contributed by atoms with van der Waals surface area (Å²) in [6.45, 7) is 6.75. The van der Waals surface area contributed by atoms with Gasteiger partial charge in [0, 0.05) is 24.4 Å². The molecule has 0 aromatic carbocycles. The Kier molecular flexibility index (Phi) is 3.86. The van der Waals surface area contributed by atoms with Crippen LogP contribution in [0.4, 0.5) is 0 Å². The summed E-state index contributed by atoms with van der Waals surface area (Å²) in [5.74, 6) is 1.36. The Morgan fingerprint density at radius 2 is 2.24 bits per heavy atom. The van der Waals surface area contributed by atoms with E-state index in [0.717, 1.165) is 23.7 Å². The number of rotatable bonds is 5. The molecule has 0 radical (unpaired) electrons. The fourth-order valence-corrected chi connectivity index (χ4v) is 2.23. The van der Waals surface area contributed by atoms with Crippen molar-refractivity contribution in [1.29, 1.82) is 0 Å². The number of aryl methyl sites for hydroxylation is 2. The molecule has 0 amide bonds. The number of hydrogen-bond donors (Lipinski definition) is 1. The molecule has 0 aliphatic rings. The lowest BCUT2D eigenvalue weighted by Gasteiger charge is -2.09. The molecule has 0 saturated carbocycles. The number of aromatic nitrogens is 3. The Morgan fingerprint density at radius 1 is 1.41 bits per heavy atom. The van der Waals surface area contributed by atoms with E-state index in [0.29, 0.717) is 11.7 Å². The highest BCUT2D eigenvalue weighted by atomic mass is 32.1. The van der Waals surface area contributed by atoms with E-state index in [2.05, 4.69) is 32.7 Å². The highest BCUT2D eigenvalue weighted by Crippen LogP contribution is 2.15. The van der Waals surface area contributed by atoms with Crippen molar-refractivity contribution in [3.63, 3.8) is 0 Å². The topological polar surface area (TPSA) is 63.8 Å². The summed E-state index contributed by atoms with van der Waals surface area (Å²) in [5.41, 5.74) is 1.09. The highest BCUT2D eigenvalue weighted by molar-refractivity contribution is 7.09. The van der Waals surface area contributed by atoms with E-state index in [1.165, 1.54) is 0 Å². The molecular formula is C11H16N4OS. The first-order valence-electron chi connectivity index (χ1n) is 5.60. The van der Waals surface area contributed by atoms with Crippen LogP contribution in [-0.4, -0.2) is 21.7 Å². The van der Waals surface area contributed by atoms with Crippen molar-refractivity contribution < 1.29 is 4.52 Å². The van der Waals surface area contributed by atoms with Crippen LogP contribution in [0.25, 0.3) is 0 Å². The zero-order valence-corrected chi connectivity index (χ0v) is 11.0. The molecule has 0 aliphatic carbocycles. The maximum Gasteiger partial charge on any atom is 0.227 e. The molecule has 2 heterocycles. The van der Waals surface area contributed by atoms with Crippen molar-refractivity contribution in [3.8, 4) is 0 Å². The van der Waals surface area contributed by atoms with E-state index < -0.39 is 0 Å². The normalized spacial score (nSPS) is 12.9. The Balaban J connectivity index is 1.78. The molecule has 17 heavy (non-hydrogen) atoms. The molecular weight excluding hydrogens is 236 g/mol. The number of nitrogens with one attached hydrogen (secondary N) is 1. The molecule has 2 rings (SSSR count). The van der Waals surface area contributed by atoms with Crippen LogP contribution >= 0.6 is 11.3 Å². The summed E-state index contributed by atoms with van der Waals surface area (Å²) < 4.78 is 5.04. The molecule has 1 N–H and O–H groups in total. The van der Waals surface area contributed by atoms with Crippen molar-refractivity contribution in [1.82, 2.24) is 20.4 Å². The summed E-state index contributed by atoms with van der Waals surface area (Å²) in [6.07, 6.45) is 0.744. The highest BCUT2D eigenvalue weighted by Gasteiger charge is 2.09. The second-order valence-corrected chi connectivity index (χ2v) is 5.01. The Bertz CT molecular complexity index is 479. The van der Waals surface area contributed by atoms with Gasteiger partial charge in [-0.15, -0.1) is 11.3 Å². The van der Waals surface area contributed by atoms with Gasteiger partial charge in [-0.2, -0.15) is 4.98 Å². The molecule has 92 valence electrons. The first-order chi connectivity index (χ1) is 8.15. The lowest BCUT2D eigenvalue weighted by Crippen LogP contribution is -2.21. The smallest absolute Gasteiger partial charge is 0.227 e. The van der Waals surface area contributed by atoms with Gasteiger partial charge in [-0.1, -0.05) is 5.16 Å². The van der Waals surface area contributed by atoms with E-state index in [1.54, 1.807) is 11.3 Å². The minimum absolute atomic E-state index is 0.254. The Morgan fingerprint density at radius 3 is 2.82 bits per heavy atom. The van der Waals surface area contributed by atoms with E-state index in [9.17, 15) is 0 Å². The SMILES string of the molecule is Cc1noc(CCNC(C)c2csc(C)n2)n1. The third-order valence-corrected chi connectivity index (χ3v) is 3.23. The van der Waals surface area contributed by atoms with Gasteiger partial charge >= 0.3 is 0 Å². The number of hydrogen-bond acceptors (Lipinski definition) is 6. The van der Waals surface area contributed by atoms with Gasteiger partial charge in [0.25, 0.3) is 0 Å². The van der Waals surface area contributed by atoms with Gasteiger partial charge in [0.15, 0.2) is 5.82 Å². The van der Waals surface area contributed by atoms with Crippen LogP contribution < -0.4 is 5.32 Å². The van der Waals surface area contributed by atoms with Crippen LogP contribution in [0, 0.1) is 13.8 Å². The second-order valence-electron chi connectivity index (χ2n) is 3.95. The van der Waals surface area contributed by atoms with Gasteiger partial charge in [-0.3, -0.25) is 0 Å². The van der Waals surface area contributed by atoms with Crippen molar-refractivity contribution in [2.24, 2.45) is 0 Å². The molecule has 0 bridgehead atoms. The minimum atomic E-state index is 0.254. The molecule has 2 aromatic rings. The van der Waals surface area contributed by atoms with Gasteiger partial charge in [0.05, 0.1) is 10.7 Å². The largest absolute Gasteiger partial charge is 0.339 e. The summed E-state index contributed by atoms with van der Waals surface area (Å²) in [7, 11) is 0. The molecule has 5 nitrogen and oxygen atoms in total. The van der Waals surface area contributed by atoms with Gasteiger partial charge in [-0.05, 0) is 20.8 Å². The van der Waals surface area contributed by atoms with Crippen LogP contribution in [-0.2, 0) is 6.42 Å². The van der Waals surface area contributed by atoms with Gasteiger partial charge in [0.1, 0.15) is 0 Å². The van der Waals surface area contributed by atoms with Crippen LogP contribution in [0.5, 0.6) is 0 Å². The van der Waals surface area contributed by atoms with Gasteiger partial charge < -0.3 is 9.84 Å². The zero-order valence-electron chi connectivity index (χ0n) is 10.2. The predicted molar refractivity (Wildman–Crippen MR) is 66.0 cm³/mol. The molecule has 1 unspecified atom stereocenters. The summed E-state index contributed by atoms with van der Waals surface area (Å²) in [5, 5.41) is 10.3. The van der Waals surface area contributed by atoms with Crippen molar-refractivity contribution in [2.45, 2.75) is 33.2 Å². The first-order valence-corrected chi connectivity index (χ1v) is 6.47. The predicted octanol–water partition coefficient (Wildman–Crippen LogP) is 2.04. The van der Waals surface area contributed by atoms with Crippen LogP contribution in [0.15, 0.2) is 9.90 Å². The van der Waals surface area contributed by atoms with Gasteiger partial charge in [0.2, 0.25) is 5.89 Å². The van der Waals surface area contributed by atoms with Crippen LogP contribution in [0.1, 0.15) is 35.4 Å². The van der Waals surface area contributed by atoms with Crippen molar-refractivity contribution in [2.75, 3.05) is 6.54 Å². The maximum absolute atomic E-state index is 5.04. The third-order valence-electron chi connectivity index (χ3n) is 2.44. The van der Waals surface area contributed by atoms with E-state index in [1.807, 2.05) is 13.8 Å². The lowest BCUT2D eigenvalue weighted by molar-refractivity contribution is 0.370. The Hall–Kier alpha value is -1.27. The average molecular weight is 252 g/mol. The van der Waals surface area contributed by atoms with Crippen LogP contribution in [0.3, 0.4) is 0 Å². The lowest BCUT2D eigenvalue weighted by atomic mass is 10.2. The van der Waals surface area contributed by atoms with Crippen molar-refractivity contribution in [3.05, 3.63) is 27.8 Å². The second kappa shape index (κ2) is 5.37. The Labute approximate surface area is 104 Å². The minimum Gasteiger partial charge on any atom is -0.339 e. The summed E-state index contributed by atoms with van der Waals surface area (Å²) >= 11 is 1.67. The zero-order chi connectivity index (χ0) is 12.3. The van der Waals surface area contributed by atoms with Crippen molar-refractivity contribution >= 4 is 11.3 Å². The number of nitrogens with zero attached hydrogens (tertiary/aromatic N) is 3. The maximum atomic E-state index is 5.04. The first kappa shape index (κ1) is 12.2. The number of thiazole rings is 1.